The fourth-order valence-corrected chi connectivity index (χ4v) is 4.17. The zero-order valence-corrected chi connectivity index (χ0v) is 17.1. The summed E-state index contributed by atoms with van der Waals surface area (Å²) in [5, 5.41) is 6.83. The Morgan fingerprint density at radius 3 is 2.55 bits per heavy atom. The smallest absolute Gasteiger partial charge is 0.246 e. The van der Waals surface area contributed by atoms with E-state index in [1.165, 1.54) is 11.1 Å². The molecule has 0 fully saturated rings. The standard InChI is InChI=1S/C26H28N2O/c1-18-15-16-19(2)24(17-18)28-26(29)25(21-10-4-3-5-11-21)27-23-14-8-12-20-9-6-7-13-22(20)23/h3-7,9-11,13,15-17,23,25,27H,8,12,14H2,1-2H3,(H,28,29)/t23-,25-/m0/s1. The largest absolute Gasteiger partial charge is 0.324 e. The van der Waals surface area contributed by atoms with Gasteiger partial charge < -0.3 is 5.32 Å². The normalized spacial score (nSPS) is 16.7. The topological polar surface area (TPSA) is 41.1 Å². The number of carbonyl (C=O) groups is 1. The van der Waals surface area contributed by atoms with Crippen molar-refractivity contribution in [1.82, 2.24) is 5.32 Å². The number of anilines is 1. The molecule has 0 heterocycles. The van der Waals surface area contributed by atoms with Crippen LogP contribution in [0.2, 0.25) is 0 Å². The average molecular weight is 385 g/mol. The number of rotatable bonds is 5. The lowest BCUT2D eigenvalue weighted by Gasteiger charge is -2.30. The molecule has 0 radical (unpaired) electrons. The second-order valence-electron chi connectivity index (χ2n) is 7.96. The molecule has 29 heavy (non-hydrogen) atoms. The van der Waals surface area contributed by atoms with Crippen molar-refractivity contribution < 1.29 is 4.79 Å². The molecule has 4 rings (SSSR count). The van der Waals surface area contributed by atoms with Crippen molar-refractivity contribution in [3.05, 3.63) is 101 Å². The molecule has 0 bridgehead atoms. The molecule has 2 atom stereocenters. The Kier molecular flexibility index (Phi) is 5.77. The molecular weight excluding hydrogens is 356 g/mol. The molecule has 1 aliphatic carbocycles. The fraction of sp³-hybridized carbons (Fsp3) is 0.269. The van der Waals surface area contributed by atoms with Crippen molar-refractivity contribution in [1.29, 1.82) is 0 Å². The van der Waals surface area contributed by atoms with E-state index in [-0.39, 0.29) is 11.9 Å². The molecular formula is C26H28N2O. The van der Waals surface area contributed by atoms with Crippen LogP contribution in [0.15, 0.2) is 72.8 Å². The van der Waals surface area contributed by atoms with Crippen LogP contribution >= 0.6 is 0 Å². The van der Waals surface area contributed by atoms with E-state index in [0.717, 1.165) is 41.6 Å². The van der Waals surface area contributed by atoms with Crippen molar-refractivity contribution in [2.24, 2.45) is 0 Å². The molecule has 3 aromatic carbocycles. The van der Waals surface area contributed by atoms with Gasteiger partial charge >= 0.3 is 0 Å². The molecule has 2 N–H and O–H groups in total. The Morgan fingerprint density at radius 1 is 0.966 bits per heavy atom. The number of carbonyl (C=O) groups excluding carboxylic acids is 1. The molecule has 3 heteroatoms. The Morgan fingerprint density at radius 2 is 1.72 bits per heavy atom. The fourth-order valence-electron chi connectivity index (χ4n) is 4.17. The quantitative estimate of drug-likeness (QED) is 0.597. The van der Waals surface area contributed by atoms with E-state index in [2.05, 4.69) is 41.0 Å². The van der Waals surface area contributed by atoms with Gasteiger partial charge in [-0.05, 0) is 67.0 Å². The Balaban J connectivity index is 1.63. The molecule has 0 aliphatic heterocycles. The SMILES string of the molecule is Cc1ccc(C)c(NC(=O)[C@@H](N[C@H]2CCCc3ccccc32)c2ccccc2)c1. The maximum Gasteiger partial charge on any atom is 0.246 e. The number of fused-ring (bicyclic) bond motifs is 1. The van der Waals surface area contributed by atoms with Crippen LogP contribution in [0.3, 0.4) is 0 Å². The highest BCUT2D eigenvalue weighted by molar-refractivity contribution is 5.96. The summed E-state index contributed by atoms with van der Waals surface area (Å²) in [6.07, 6.45) is 3.28. The van der Waals surface area contributed by atoms with Gasteiger partial charge in [0.1, 0.15) is 6.04 Å². The van der Waals surface area contributed by atoms with Gasteiger partial charge in [0, 0.05) is 11.7 Å². The van der Waals surface area contributed by atoms with Crippen LogP contribution in [0.5, 0.6) is 0 Å². The summed E-state index contributed by atoms with van der Waals surface area (Å²) in [6.45, 7) is 4.07. The molecule has 3 aromatic rings. The lowest BCUT2D eigenvalue weighted by molar-refractivity contribution is -0.118. The maximum atomic E-state index is 13.4. The van der Waals surface area contributed by atoms with E-state index in [9.17, 15) is 4.79 Å². The van der Waals surface area contributed by atoms with Crippen LogP contribution in [0, 0.1) is 13.8 Å². The van der Waals surface area contributed by atoms with Gasteiger partial charge in [0.15, 0.2) is 0 Å². The summed E-state index contributed by atoms with van der Waals surface area (Å²) in [6, 6.07) is 24.5. The molecule has 0 saturated carbocycles. The van der Waals surface area contributed by atoms with Gasteiger partial charge in [0.25, 0.3) is 0 Å². The zero-order chi connectivity index (χ0) is 20.2. The van der Waals surface area contributed by atoms with Crippen molar-refractivity contribution in [3.8, 4) is 0 Å². The number of aryl methyl sites for hydroxylation is 3. The van der Waals surface area contributed by atoms with Crippen LogP contribution in [-0.2, 0) is 11.2 Å². The molecule has 0 saturated heterocycles. The van der Waals surface area contributed by atoms with Gasteiger partial charge in [-0.15, -0.1) is 0 Å². The molecule has 0 unspecified atom stereocenters. The van der Waals surface area contributed by atoms with Crippen molar-refractivity contribution in [3.63, 3.8) is 0 Å². The van der Waals surface area contributed by atoms with Crippen molar-refractivity contribution in [2.75, 3.05) is 5.32 Å². The summed E-state index contributed by atoms with van der Waals surface area (Å²) in [5.74, 6) is -0.0204. The van der Waals surface area contributed by atoms with E-state index in [4.69, 9.17) is 0 Å². The molecule has 0 aromatic heterocycles. The third-order valence-corrected chi connectivity index (χ3v) is 5.78. The van der Waals surface area contributed by atoms with Crippen molar-refractivity contribution in [2.45, 2.75) is 45.2 Å². The van der Waals surface area contributed by atoms with Crippen LogP contribution in [0.1, 0.15) is 52.7 Å². The Labute approximate surface area is 173 Å². The third-order valence-electron chi connectivity index (χ3n) is 5.78. The van der Waals surface area contributed by atoms with E-state index in [1.54, 1.807) is 0 Å². The molecule has 148 valence electrons. The minimum atomic E-state index is -0.410. The minimum Gasteiger partial charge on any atom is -0.324 e. The molecule has 0 spiro atoms. The lowest BCUT2D eigenvalue weighted by atomic mass is 9.87. The number of nitrogens with one attached hydrogen (secondary N) is 2. The summed E-state index contributed by atoms with van der Waals surface area (Å²) in [7, 11) is 0. The molecule has 1 amide bonds. The van der Waals surface area contributed by atoms with Gasteiger partial charge in [-0.3, -0.25) is 10.1 Å². The van der Waals surface area contributed by atoms with Gasteiger partial charge in [-0.25, -0.2) is 0 Å². The number of amides is 1. The number of benzene rings is 3. The highest BCUT2D eigenvalue weighted by atomic mass is 16.2. The van der Waals surface area contributed by atoms with Gasteiger partial charge in [-0.1, -0.05) is 66.7 Å². The summed E-state index contributed by atoms with van der Waals surface area (Å²) in [4.78, 5) is 13.4. The summed E-state index contributed by atoms with van der Waals surface area (Å²) < 4.78 is 0. The Bertz CT molecular complexity index is 997. The first kappa shape index (κ1) is 19.4. The zero-order valence-electron chi connectivity index (χ0n) is 17.1. The highest BCUT2D eigenvalue weighted by Gasteiger charge is 2.27. The van der Waals surface area contributed by atoms with Gasteiger partial charge in [0.05, 0.1) is 0 Å². The van der Waals surface area contributed by atoms with Crippen LogP contribution in [0.25, 0.3) is 0 Å². The highest BCUT2D eigenvalue weighted by Crippen LogP contribution is 2.32. The lowest BCUT2D eigenvalue weighted by Crippen LogP contribution is -2.37. The number of hydrogen-bond donors (Lipinski definition) is 2. The first-order chi connectivity index (χ1) is 14.1. The summed E-state index contributed by atoms with van der Waals surface area (Å²) >= 11 is 0. The number of hydrogen-bond acceptors (Lipinski definition) is 2. The second kappa shape index (κ2) is 8.62. The van der Waals surface area contributed by atoms with E-state index in [0.29, 0.717) is 0 Å². The van der Waals surface area contributed by atoms with Gasteiger partial charge in [0.2, 0.25) is 5.91 Å². The monoisotopic (exact) mass is 384 g/mol. The van der Waals surface area contributed by atoms with E-state index < -0.39 is 6.04 Å². The van der Waals surface area contributed by atoms with Crippen LogP contribution in [-0.4, -0.2) is 5.91 Å². The molecule has 1 aliphatic rings. The minimum absolute atomic E-state index is 0.0204. The Hall–Kier alpha value is -2.91. The van der Waals surface area contributed by atoms with Crippen LogP contribution in [0.4, 0.5) is 5.69 Å². The first-order valence-electron chi connectivity index (χ1n) is 10.4. The molecule has 3 nitrogen and oxygen atoms in total. The average Bonchev–Trinajstić information content (AvgIpc) is 2.75. The van der Waals surface area contributed by atoms with E-state index >= 15 is 0 Å². The van der Waals surface area contributed by atoms with Gasteiger partial charge in [-0.2, -0.15) is 0 Å². The van der Waals surface area contributed by atoms with E-state index in [1.807, 2.05) is 56.3 Å². The predicted molar refractivity (Wildman–Crippen MR) is 119 cm³/mol. The second-order valence-corrected chi connectivity index (χ2v) is 7.96. The maximum absolute atomic E-state index is 13.4. The van der Waals surface area contributed by atoms with Crippen LogP contribution < -0.4 is 10.6 Å². The predicted octanol–water partition coefficient (Wildman–Crippen LogP) is 5.65. The van der Waals surface area contributed by atoms with Crippen molar-refractivity contribution >= 4 is 11.6 Å². The third kappa shape index (κ3) is 4.41. The summed E-state index contributed by atoms with van der Waals surface area (Å²) in [5.41, 5.74) is 6.77. The first-order valence-corrected chi connectivity index (χ1v) is 10.4.